The lowest BCUT2D eigenvalue weighted by molar-refractivity contribution is -0.128. The van der Waals surface area contributed by atoms with Crippen molar-refractivity contribution >= 4 is 16.8 Å². The van der Waals surface area contributed by atoms with E-state index in [4.69, 9.17) is 4.98 Å². The highest BCUT2D eigenvalue weighted by Crippen LogP contribution is 2.24. The molecule has 1 aromatic carbocycles. The molecule has 0 saturated carbocycles. The summed E-state index contributed by atoms with van der Waals surface area (Å²) in [6, 6.07) is 8.32. The molecule has 0 fully saturated rings. The second kappa shape index (κ2) is 6.20. The summed E-state index contributed by atoms with van der Waals surface area (Å²) in [4.78, 5) is 18.1. The monoisotopic (exact) mass is 308 g/mol. The van der Waals surface area contributed by atoms with Gasteiger partial charge in [-0.3, -0.25) is 9.89 Å². The summed E-state index contributed by atoms with van der Waals surface area (Å²) in [7, 11) is 3.57. The van der Waals surface area contributed by atoms with Crippen LogP contribution in [0.1, 0.15) is 17.5 Å². The van der Waals surface area contributed by atoms with Crippen molar-refractivity contribution in [3.05, 3.63) is 47.8 Å². The molecule has 1 amide bonds. The number of nitrogens with one attached hydrogen (secondary N) is 1. The minimum absolute atomic E-state index is 0.140. The predicted octanol–water partition coefficient (Wildman–Crippen LogP) is 2.95. The standard InChI is InChI=1S/C18H20N4O/c1-12-8-16(14-10-19-20-11-14)21-17-9-13(4-6-15(12)17)5-7-18(23)22(2)3/h4,6,8-11H,5,7H2,1-3H3,(H,19,20). The molecule has 0 aliphatic rings. The molecule has 0 spiro atoms. The van der Waals surface area contributed by atoms with Crippen LogP contribution < -0.4 is 0 Å². The fourth-order valence-electron chi connectivity index (χ4n) is 2.62. The van der Waals surface area contributed by atoms with Crippen molar-refractivity contribution in [1.82, 2.24) is 20.1 Å². The lowest BCUT2D eigenvalue weighted by atomic mass is 10.0. The largest absolute Gasteiger partial charge is 0.349 e. The first kappa shape index (κ1) is 15.2. The van der Waals surface area contributed by atoms with Crippen LogP contribution in [-0.4, -0.2) is 40.1 Å². The van der Waals surface area contributed by atoms with E-state index in [2.05, 4.69) is 41.4 Å². The van der Waals surface area contributed by atoms with Gasteiger partial charge < -0.3 is 4.90 Å². The number of carbonyl (C=O) groups is 1. The summed E-state index contributed by atoms with van der Waals surface area (Å²) in [5.41, 5.74) is 5.15. The van der Waals surface area contributed by atoms with E-state index in [-0.39, 0.29) is 5.91 Å². The number of aromatic amines is 1. The summed E-state index contributed by atoms with van der Waals surface area (Å²) in [5.74, 6) is 0.140. The molecule has 23 heavy (non-hydrogen) atoms. The van der Waals surface area contributed by atoms with E-state index in [0.29, 0.717) is 6.42 Å². The molecule has 118 valence electrons. The Morgan fingerprint density at radius 2 is 2.09 bits per heavy atom. The highest BCUT2D eigenvalue weighted by molar-refractivity contribution is 5.85. The molecule has 0 unspecified atom stereocenters. The van der Waals surface area contributed by atoms with Crippen LogP contribution in [0.2, 0.25) is 0 Å². The van der Waals surface area contributed by atoms with Crippen molar-refractivity contribution in [2.24, 2.45) is 0 Å². The number of nitrogens with zero attached hydrogens (tertiary/aromatic N) is 3. The van der Waals surface area contributed by atoms with Gasteiger partial charge >= 0.3 is 0 Å². The summed E-state index contributed by atoms with van der Waals surface area (Å²) in [6.45, 7) is 2.09. The van der Waals surface area contributed by atoms with Gasteiger partial charge in [-0.05, 0) is 36.6 Å². The van der Waals surface area contributed by atoms with Crippen LogP contribution in [0.15, 0.2) is 36.7 Å². The number of carbonyl (C=O) groups excluding carboxylic acids is 1. The van der Waals surface area contributed by atoms with Crippen LogP contribution in [0.3, 0.4) is 0 Å². The fourth-order valence-corrected chi connectivity index (χ4v) is 2.62. The summed E-state index contributed by atoms with van der Waals surface area (Å²) in [6.07, 6.45) is 4.85. The Morgan fingerprint density at radius 3 is 2.78 bits per heavy atom. The Morgan fingerprint density at radius 1 is 1.26 bits per heavy atom. The van der Waals surface area contributed by atoms with E-state index in [0.717, 1.165) is 34.1 Å². The Kier molecular flexibility index (Phi) is 4.10. The Labute approximate surface area is 135 Å². The number of pyridine rings is 1. The zero-order chi connectivity index (χ0) is 16.4. The Balaban J connectivity index is 1.93. The predicted molar refractivity (Wildman–Crippen MR) is 91.1 cm³/mol. The zero-order valence-electron chi connectivity index (χ0n) is 13.6. The first-order valence-corrected chi connectivity index (χ1v) is 7.64. The zero-order valence-corrected chi connectivity index (χ0v) is 13.6. The van der Waals surface area contributed by atoms with Gasteiger partial charge in [0.1, 0.15) is 0 Å². The van der Waals surface area contributed by atoms with E-state index in [9.17, 15) is 4.79 Å². The minimum atomic E-state index is 0.140. The molecule has 0 saturated heterocycles. The Hall–Kier alpha value is -2.69. The minimum Gasteiger partial charge on any atom is -0.349 e. The smallest absolute Gasteiger partial charge is 0.222 e. The molecule has 0 bridgehead atoms. The van der Waals surface area contributed by atoms with Gasteiger partial charge in [0.2, 0.25) is 5.91 Å². The molecular weight excluding hydrogens is 288 g/mol. The van der Waals surface area contributed by atoms with Crippen molar-refractivity contribution in [2.45, 2.75) is 19.8 Å². The average Bonchev–Trinajstić information content (AvgIpc) is 3.06. The van der Waals surface area contributed by atoms with Gasteiger partial charge in [-0.25, -0.2) is 4.98 Å². The first-order valence-electron chi connectivity index (χ1n) is 7.64. The molecule has 5 heteroatoms. The second-order valence-corrected chi connectivity index (χ2v) is 5.95. The molecule has 0 atom stereocenters. The van der Waals surface area contributed by atoms with E-state index in [1.54, 1.807) is 25.2 Å². The number of hydrogen-bond acceptors (Lipinski definition) is 3. The number of fused-ring (bicyclic) bond motifs is 1. The highest BCUT2D eigenvalue weighted by Gasteiger charge is 2.08. The summed E-state index contributed by atoms with van der Waals surface area (Å²) < 4.78 is 0. The third kappa shape index (κ3) is 3.23. The maximum atomic E-state index is 11.7. The molecule has 0 radical (unpaired) electrons. The quantitative estimate of drug-likeness (QED) is 0.806. The highest BCUT2D eigenvalue weighted by atomic mass is 16.2. The van der Waals surface area contributed by atoms with Gasteiger partial charge in [-0.15, -0.1) is 0 Å². The van der Waals surface area contributed by atoms with Crippen molar-refractivity contribution in [3.63, 3.8) is 0 Å². The number of aryl methyl sites for hydroxylation is 2. The molecule has 1 N–H and O–H groups in total. The molecule has 2 heterocycles. The summed E-state index contributed by atoms with van der Waals surface area (Å²) in [5, 5.41) is 7.94. The lowest BCUT2D eigenvalue weighted by Gasteiger charge is -2.11. The SMILES string of the molecule is Cc1cc(-c2cn[nH]c2)nc2cc(CCC(=O)N(C)C)ccc12. The van der Waals surface area contributed by atoms with Crippen molar-refractivity contribution in [1.29, 1.82) is 0 Å². The maximum Gasteiger partial charge on any atom is 0.222 e. The molecule has 5 nitrogen and oxygen atoms in total. The van der Waals surface area contributed by atoms with E-state index in [1.165, 1.54) is 5.56 Å². The normalized spacial score (nSPS) is 10.9. The third-order valence-electron chi connectivity index (χ3n) is 4.00. The first-order chi connectivity index (χ1) is 11.0. The second-order valence-electron chi connectivity index (χ2n) is 5.95. The van der Waals surface area contributed by atoms with Gasteiger partial charge in [0, 0.05) is 37.7 Å². The number of benzene rings is 1. The third-order valence-corrected chi connectivity index (χ3v) is 4.00. The van der Waals surface area contributed by atoms with Crippen LogP contribution in [0.25, 0.3) is 22.2 Å². The van der Waals surface area contributed by atoms with Gasteiger partial charge in [0.05, 0.1) is 17.4 Å². The van der Waals surface area contributed by atoms with Gasteiger partial charge in [-0.2, -0.15) is 5.10 Å². The van der Waals surface area contributed by atoms with Crippen molar-refractivity contribution in [2.75, 3.05) is 14.1 Å². The molecule has 3 rings (SSSR count). The van der Waals surface area contributed by atoms with Crippen LogP contribution >= 0.6 is 0 Å². The molecule has 0 aliphatic heterocycles. The van der Waals surface area contributed by atoms with Crippen molar-refractivity contribution in [3.8, 4) is 11.3 Å². The number of aromatic nitrogens is 3. The van der Waals surface area contributed by atoms with Crippen LogP contribution in [0.5, 0.6) is 0 Å². The van der Waals surface area contributed by atoms with Gasteiger partial charge in [0.15, 0.2) is 0 Å². The van der Waals surface area contributed by atoms with Crippen LogP contribution in [0.4, 0.5) is 0 Å². The fraction of sp³-hybridized carbons (Fsp3) is 0.278. The maximum absolute atomic E-state index is 11.7. The van der Waals surface area contributed by atoms with Gasteiger partial charge in [-0.1, -0.05) is 12.1 Å². The number of amides is 1. The molecular formula is C18H20N4O. The molecule has 0 aliphatic carbocycles. The Bertz CT molecular complexity index is 838. The van der Waals surface area contributed by atoms with E-state index in [1.807, 2.05) is 6.20 Å². The number of rotatable bonds is 4. The van der Waals surface area contributed by atoms with Gasteiger partial charge in [0.25, 0.3) is 0 Å². The number of hydrogen-bond donors (Lipinski definition) is 1. The lowest BCUT2D eigenvalue weighted by Crippen LogP contribution is -2.21. The average molecular weight is 308 g/mol. The number of H-pyrrole nitrogens is 1. The molecule has 2 aromatic heterocycles. The van der Waals surface area contributed by atoms with E-state index < -0.39 is 0 Å². The van der Waals surface area contributed by atoms with Crippen LogP contribution in [-0.2, 0) is 11.2 Å². The topological polar surface area (TPSA) is 61.9 Å². The van der Waals surface area contributed by atoms with Crippen LogP contribution in [0, 0.1) is 6.92 Å². The van der Waals surface area contributed by atoms with E-state index >= 15 is 0 Å². The van der Waals surface area contributed by atoms with Crippen molar-refractivity contribution < 1.29 is 4.79 Å². The molecule has 3 aromatic rings. The summed E-state index contributed by atoms with van der Waals surface area (Å²) >= 11 is 0.